The highest BCUT2D eigenvalue weighted by Crippen LogP contribution is 2.47. The fourth-order valence-corrected chi connectivity index (χ4v) is 3.32. The van der Waals surface area contributed by atoms with Crippen molar-refractivity contribution in [3.63, 3.8) is 0 Å². The van der Waals surface area contributed by atoms with Crippen molar-refractivity contribution in [1.82, 2.24) is 5.32 Å². The molecule has 0 aliphatic heterocycles. The molecular weight excluding hydrogens is 328 g/mol. The Bertz CT molecular complexity index is 474. The Morgan fingerprint density at radius 1 is 1.40 bits per heavy atom. The summed E-state index contributed by atoms with van der Waals surface area (Å²) >= 11 is 3.16. The van der Waals surface area contributed by atoms with E-state index < -0.39 is 11.6 Å². The quantitative estimate of drug-likeness (QED) is 0.858. The van der Waals surface area contributed by atoms with Crippen molar-refractivity contribution >= 4 is 15.9 Å². The predicted octanol–water partition coefficient (Wildman–Crippen LogP) is 4.27. The fourth-order valence-electron chi connectivity index (χ4n) is 2.82. The van der Waals surface area contributed by atoms with Crippen LogP contribution in [0, 0.1) is 17.0 Å². The number of halogens is 3. The summed E-state index contributed by atoms with van der Waals surface area (Å²) in [5.41, 5.74) is -0.0315. The second-order valence-electron chi connectivity index (χ2n) is 5.51. The van der Waals surface area contributed by atoms with Gasteiger partial charge in [-0.1, -0.05) is 20.8 Å². The Balaban J connectivity index is 2.16. The van der Waals surface area contributed by atoms with E-state index in [-0.39, 0.29) is 17.3 Å². The van der Waals surface area contributed by atoms with Gasteiger partial charge in [-0.2, -0.15) is 0 Å². The summed E-state index contributed by atoms with van der Waals surface area (Å²) in [7, 11) is 0. The highest BCUT2D eigenvalue weighted by atomic mass is 79.9. The first-order valence-corrected chi connectivity index (χ1v) is 7.76. The third kappa shape index (κ3) is 2.70. The van der Waals surface area contributed by atoms with E-state index in [0.717, 1.165) is 25.5 Å². The summed E-state index contributed by atoms with van der Waals surface area (Å²) in [6.07, 6.45) is 1.71. The maximum atomic E-state index is 13.8. The van der Waals surface area contributed by atoms with Gasteiger partial charge in [-0.25, -0.2) is 8.78 Å². The van der Waals surface area contributed by atoms with Gasteiger partial charge in [0.1, 0.15) is 11.9 Å². The number of nitrogens with one attached hydrogen (secondary N) is 1. The summed E-state index contributed by atoms with van der Waals surface area (Å²) in [5.74, 6) is -1.17. The van der Waals surface area contributed by atoms with E-state index >= 15 is 0 Å². The van der Waals surface area contributed by atoms with Crippen molar-refractivity contribution in [2.24, 2.45) is 5.41 Å². The zero-order valence-corrected chi connectivity index (χ0v) is 13.6. The fraction of sp³-hybridized carbons (Fsp3) is 0.600. The average molecular weight is 348 g/mol. The van der Waals surface area contributed by atoms with E-state index in [1.54, 1.807) is 0 Å². The van der Waals surface area contributed by atoms with Gasteiger partial charge in [0.25, 0.3) is 0 Å². The van der Waals surface area contributed by atoms with E-state index in [2.05, 4.69) is 42.0 Å². The standard InChI is InChI=1S/C15H20BrF2NO/c1-4-15(3)12(19-5-2)8-13(15)20-14-10(16)6-9(17)7-11(14)18/h6-7,12-13,19H,4-5,8H2,1-3H3. The second-order valence-corrected chi connectivity index (χ2v) is 6.36. The van der Waals surface area contributed by atoms with E-state index in [1.807, 2.05) is 0 Å². The molecule has 3 unspecified atom stereocenters. The van der Waals surface area contributed by atoms with Crippen LogP contribution in [-0.2, 0) is 0 Å². The molecule has 0 spiro atoms. The van der Waals surface area contributed by atoms with Crippen molar-refractivity contribution in [3.8, 4) is 5.75 Å². The topological polar surface area (TPSA) is 21.3 Å². The molecule has 112 valence electrons. The third-order valence-electron chi connectivity index (χ3n) is 4.42. The molecule has 20 heavy (non-hydrogen) atoms. The van der Waals surface area contributed by atoms with Crippen LogP contribution in [0.3, 0.4) is 0 Å². The maximum Gasteiger partial charge on any atom is 0.169 e. The molecule has 1 aliphatic rings. The second kappa shape index (κ2) is 5.98. The highest BCUT2D eigenvalue weighted by Gasteiger charge is 2.52. The molecule has 0 radical (unpaired) electrons. The molecule has 2 nitrogen and oxygen atoms in total. The van der Waals surface area contributed by atoms with Crippen LogP contribution in [0.15, 0.2) is 16.6 Å². The Morgan fingerprint density at radius 3 is 2.65 bits per heavy atom. The Hall–Kier alpha value is -0.680. The summed E-state index contributed by atoms with van der Waals surface area (Å²) in [6, 6.07) is 2.45. The van der Waals surface area contributed by atoms with Gasteiger partial charge in [0.05, 0.1) is 4.47 Å². The number of hydrogen-bond acceptors (Lipinski definition) is 2. The zero-order chi connectivity index (χ0) is 14.9. The number of rotatable bonds is 5. The third-order valence-corrected chi connectivity index (χ3v) is 5.01. The van der Waals surface area contributed by atoms with Crippen LogP contribution in [0.2, 0.25) is 0 Å². The van der Waals surface area contributed by atoms with Crippen molar-refractivity contribution < 1.29 is 13.5 Å². The lowest BCUT2D eigenvalue weighted by Gasteiger charge is -2.53. The Morgan fingerprint density at radius 2 is 2.10 bits per heavy atom. The van der Waals surface area contributed by atoms with Crippen LogP contribution < -0.4 is 10.1 Å². The molecule has 1 N–H and O–H groups in total. The molecule has 1 aromatic carbocycles. The molecule has 0 saturated heterocycles. The lowest BCUT2D eigenvalue weighted by Crippen LogP contribution is -2.63. The smallest absolute Gasteiger partial charge is 0.169 e. The normalized spacial score (nSPS) is 29.1. The van der Waals surface area contributed by atoms with Crippen LogP contribution in [0.1, 0.15) is 33.6 Å². The Kier molecular flexibility index (Phi) is 4.69. The molecule has 1 fully saturated rings. The van der Waals surface area contributed by atoms with Crippen molar-refractivity contribution in [1.29, 1.82) is 0 Å². The van der Waals surface area contributed by atoms with Crippen LogP contribution in [0.25, 0.3) is 0 Å². The van der Waals surface area contributed by atoms with Crippen molar-refractivity contribution in [2.75, 3.05) is 6.54 Å². The van der Waals surface area contributed by atoms with Gasteiger partial charge in [0, 0.05) is 23.9 Å². The molecule has 0 amide bonds. The molecule has 1 aromatic rings. The lowest BCUT2D eigenvalue weighted by atomic mass is 9.61. The SMILES string of the molecule is CCNC1CC(Oc2c(F)cc(F)cc2Br)C1(C)CC. The highest BCUT2D eigenvalue weighted by molar-refractivity contribution is 9.10. The molecule has 3 atom stereocenters. The first-order valence-electron chi connectivity index (χ1n) is 6.97. The molecule has 2 rings (SSSR count). The largest absolute Gasteiger partial charge is 0.485 e. The van der Waals surface area contributed by atoms with Gasteiger partial charge >= 0.3 is 0 Å². The molecular formula is C15H20BrF2NO. The van der Waals surface area contributed by atoms with Gasteiger partial charge < -0.3 is 10.1 Å². The molecule has 1 saturated carbocycles. The van der Waals surface area contributed by atoms with Gasteiger partial charge in [-0.05, 0) is 35.0 Å². The first-order chi connectivity index (χ1) is 9.42. The predicted molar refractivity (Wildman–Crippen MR) is 79.0 cm³/mol. The van der Waals surface area contributed by atoms with Gasteiger partial charge in [-0.3, -0.25) is 0 Å². The summed E-state index contributed by atoms with van der Waals surface area (Å²) < 4.78 is 33.1. The summed E-state index contributed by atoms with van der Waals surface area (Å²) in [5, 5.41) is 3.43. The molecule has 1 aliphatic carbocycles. The van der Waals surface area contributed by atoms with E-state index in [4.69, 9.17) is 4.74 Å². The van der Waals surface area contributed by atoms with Crippen LogP contribution in [-0.4, -0.2) is 18.7 Å². The van der Waals surface area contributed by atoms with Crippen LogP contribution in [0.5, 0.6) is 5.75 Å². The maximum absolute atomic E-state index is 13.8. The minimum Gasteiger partial charge on any atom is -0.485 e. The molecule has 5 heteroatoms. The van der Waals surface area contributed by atoms with Gasteiger partial charge in [-0.15, -0.1) is 0 Å². The minimum absolute atomic E-state index is 0.0315. The number of ether oxygens (including phenoxy) is 1. The summed E-state index contributed by atoms with van der Waals surface area (Å²) in [4.78, 5) is 0. The monoisotopic (exact) mass is 347 g/mol. The van der Waals surface area contributed by atoms with E-state index in [0.29, 0.717) is 10.5 Å². The van der Waals surface area contributed by atoms with Crippen molar-refractivity contribution in [2.45, 2.75) is 45.8 Å². The van der Waals surface area contributed by atoms with Crippen LogP contribution >= 0.6 is 15.9 Å². The summed E-state index contributed by atoms with van der Waals surface area (Å²) in [6.45, 7) is 7.22. The molecule has 0 aromatic heterocycles. The lowest BCUT2D eigenvalue weighted by molar-refractivity contribution is -0.0716. The zero-order valence-electron chi connectivity index (χ0n) is 12.0. The average Bonchev–Trinajstić information content (AvgIpc) is 2.39. The molecule has 0 heterocycles. The van der Waals surface area contributed by atoms with Gasteiger partial charge in [0.2, 0.25) is 0 Å². The number of hydrogen-bond donors (Lipinski definition) is 1. The van der Waals surface area contributed by atoms with Crippen molar-refractivity contribution in [3.05, 3.63) is 28.2 Å². The van der Waals surface area contributed by atoms with Gasteiger partial charge in [0.15, 0.2) is 11.6 Å². The van der Waals surface area contributed by atoms with E-state index in [1.165, 1.54) is 6.07 Å². The Labute approximate surface area is 127 Å². The minimum atomic E-state index is -0.665. The first kappa shape index (κ1) is 15.7. The van der Waals surface area contributed by atoms with E-state index in [9.17, 15) is 8.78 Å². The van der Waals surface area contributed by atoms with Crippen LogP contribution in [0.4, 0.5) is 8.78 Å². The number of benzene rings is 1. The molecule has 0 bridgehead atoms.